The number of halogens is 1. The summed E-state index contributed by atoms with van der Waals surface area (Å²) in [5.74, 6) is 0.880. The number of carbonyl (C=O) groups is 1. The van der Waals surface area contributed by atoms with E-state index in [1.807, 2.05) is 0 Å². The van der Waals surface area contributed by atoms with Crippen LogP contribution >= 0.6 is 0 Å². The molecule has 2 amide bonds. The number of hydrogen-bond acceptors (Lipinski definition) is 3. The number of anilines is 1. The Balaban J connectivity index is 1.75. The van der Waals surface area contributed by atoms with Gasteiger partial charge >= 0.3 is 6.03 Å². The van der Waals surface area contributed by atoms with Crippen LogP contribution in [0.25, 0.3) is 0 Å². The molecule has 1 fully saturated rings. The lowest BCUT2D eigenvalue weighted by atomic mass is 10.0. The van der Waals surface area contributed by atoms with Crippen molar-refractivity contribution in [2.75, 3.05) is 26.1 Å². The van der Waals surface area contributed by atoms with Gasteiger partial charge in [-0.1, -0.05) is 12.1 Å². The minimum atomic E-state index is -0.275. The molecule has 0 saturated carbocycles. The van der Waals surface area contributed by atoms with E-state index < -0.39 is 0 Å². The van der Waals surface area contributed by atoms with Crippen LogP contribution in [0.1, 0.15) is 24.4 Å². The molecule has 1 aliphatic rings. The number of urea groups is 1. The molecule has 6 heteroatoms. The molecule has 0 bridgehead atoms. The molecule has 1 aliphatic heterocycles. The predicted octanol–water partition coefficient (Wildman–Crippen LogP) is 4.21. The highest BCUT2D eigenvalue weighted by atomic mass is 19.1. The molecule has 1 atom stereocenters. The van der Waals surface area contributed by atoms with E-state index in [1.165, 1.54) is 12.1 Å². The minimum absolute atomic E-state index is 0.0410. The zero-order valence-corrected chi connectivity index (χ0v) is 14.3. The van der Waals surface area contributed by atoms with Crippen LogP contribution < -0.4 is 14.8 Å². The van der Waals surface area contributed by atoms with Crippen molar-refractivity contribution in [3.05, 3.63) is 53.8 Å². The van der Waals surface area contributed by atoms with E-state index >= 15 is 0 Å². The molecule has 2 aromatic rings. The van der Waals surface area contributed by atoms with E-state index in [-0.39, 0.29) is 17.9 Å². The second kappa shape index (κ2) is 7.42. The molecule has 0 unspecified atom stereocenters. The second-order valence-electron chi connectivity index (χ2n) is 5.90. The van der Waals surface area contributed by atoms with Crippen molar-refractivity contribution in [1.82, 2.24) is 4.90 Å². The van der Waals surface area contributed by atoms with Gasteiger partial charge in [0.15, 0.2) is 11.5 Å². The van der Waals surface area contributed by atoms with Crippen LogP contribution in [0.4, 0.5) is 14.9 Å². The number of nitrogens with zero attached hydrogens (tertiary/aromatic N) is 1. The molecule has 1 heterocycles. The van der Waals surface area contributed by atoms with Crippen molar-refractivity contribution < 1.29 is 18.7 Å². The van der Waals surface area contributed by atoms with E-state index in [2.05, 4.69) is 5.32 Å². The normalized spacial score (nSPS) is 16.6. The molecular weight excluding hydrogens is 323 g/mol. The summed E-state index contributed by atoms with van der Waals surface area (Å²) in [4.78, 5) is 14.5. The fourth-order valence-electron chi connectivity index (χ4n) is 3.15. The quantitative estimate of drug-likeness (QED) is 0.904. The molecule has 5 nitrogen and oxygen atoms in total. The summed E-state index contributed by atoms with van der Waals surface area (Å²) in [5.41, 5.74) is 1.58. The van der Waals surface area contributed by atoms with Gasteiger partial charge in [-0.2, -0.15) is 0 Å². The summed E-state index contributed by atoms with van der Waals surface area (Å²) >= 11 is 0. The zero-order valence-electron chi connectivity index (χ0n) is 14.3. The van der Waals surface area contributed by atoms with E-state index in [1.54, 1.807) is 49.5 Å². The average molecular weight is 344 g/mol. The fourth-order valence-corrected chi connectivity index (χ4v) is 3.15. The van der Waals surface area contributed by atoms with Crippen LogP contribution in [0.2, 0.25) is 0 Å². The summed E-state index contributed by atoms with van der Waals surface area (Å²) in [5, 5.41) is 2.90. The van der Waals surface area contributed by atoms with Gasteiger partial charge in [0.25, 0.3) is 0 Å². The molecule has 0 spiro atoms. The number of amides is 2. The monoisotopic (exact) mass is 344 g/mol. The minimum Gasteiger partial charge on any atom is -0.493 e. The maximum absolute atomic E-state index is 13.1. The van der Waals surface area contributed by atoms with Gasteiger partial charge in [-0.25, -0.2) is 9.18 Å². The van der Waals surface area contributed by atoms with Gasteiger partial charge in [0.2, 0.25) is 0 Å². The maximum Gasteiger partial charge on any atom is 0.322 e. The lowest BCUT2D eigenvalue weighted by molar-refractivity contribution is 0.207. The molecule has 0 radical (unpaired) electrons. The summed E-state index contributed by atoms with van der Waals surface area (Å²) in [7, 11) is 3.11. The molecule has 3 rings (SSSR count). The Kier molecular flexibility index (Phi) is 5.07. The van der Waals surface area contributed by atoms with Crippen molar-refractivity contribution in [1.29, 1.82) is 0 Å². The van der Waals surface area contributed by atoms with Crippen molar-refractivity contribution in [3.63, 3.8) is 0 Å². The third kappa shape index (κ3) is 3.68. The highest BCUT2D eigenvalue weighted by Crippen LogP contribution is 2.34. The Hall–Kier alpha value is -2.76. The smallest absolute Gasteiger partial charge is 0.322 e. The molecule has 0 aliphatic carbocycles. The number of rotatable bonds is 4. The van der Waals surface area contributed by atoms with Gasteiger partial charge in [-0.15, -0.1) is 0 Å². The van der Waals surface area contributed by atoms with Gasteiger partial charge in [0.05, 0.1) is 20.3 Å². The van der Waals surface area contributed by atoms with Crippen LogP contribution in [0.15, 0.2) is 42.5 Å². The topological polar surface area (TPSA) is 50.8 Å². The van der Waals surface area contributed by atoms with Crippen molar-refractivity contribution in [2.24, 2.45) is 0 Å². The molecule has 132 valence electrons. The third-order valence-corrected chi connectivity index (χ3v) is 4.40. The highest BCUT2D eigenvalue weighted by molar-refractivity contribution is 5.90. The van der Waals surface area contributed by atoms with Gasteiger partial charge in [0, 0.05) is 18.3 Å². The number of ether oxygens (including phenoxy) is 2. The molecule has 0 aromatic heterocycles. The summed E-state index contributed by atoms with van der Waals surface area (Å²) < 4.78 is 23.6. The Morgan fingerprint density at radius 1 is 1.12 bits per heavy atom. The number of likely N-dealkylation sites (tertiary alicyclic amines) is 1. The Bertz CT molecular complexity index is 749. The highest BCUT2D eigenvalue weighted by Gasteiger charge is 2.30. The van der Waals surface area contributed by atoms with Crippen molar-refractivity contribution in [2.45, 2.75) is 18.9 Å². The van der Waals surface area contributed by atoms with Crippen LogP contribution in [-0.4, -0.2) is 31.7 Å². The number of nitrogens with one attached hydrogen (secondary N) is 1. The van der Waals surface area contributed by atoms with Crippen molar-refractivity contribution >= 4 is 11.7 Å². The molecule has 1 N–H and O–H groups in total. The molecular formula is C19H21FN2O3. The summed E-state index contributed by atoms with van der Waals surface area (Å²) in [6.45, 7) is 0.668. The van der Waals surface area contributed by atoms with Gasteiger partial charge in [-0.05, 0) is 42.7 Å². The van der Waals surface area contributed by atoms with Crippen LogP contribution in [0, 0.1) is 5.82 Å². The van der Waals surface area contributed by atoms with E-state index in [0.717, 1.165) is 18.4 Å². The van der Waals surface area contributed by atoms with Gasteiger partial charge in [0.1, 0.15) is 5.82 Å². The Labute approximate surface area is 146 Å². The predicted molar refractivity (Wildman–Crippen MR) is 93.6 cm³/mol. The fraction of sp³-hybridized carbons (Fsp3) is 0.316. The second-order valence-corrected chi connectivity index (χ2v) is 5.90. The molecule has 1 saturated heterocycles. The lowest BCUT2D eigenvalue weighted by Crippen LogP contribution is -2.34. The largest absolute Gasteiger partial charge is 0.493 e. The Morgan fingerprint density at radius 3 is 2.52 bits per heavy atom. The first-order chi connectivity index (χ1) is 12.1. The number of benzene rings is 2. The first-order valence-corrected chi connectivity index (χ1v) is 8.17. The Morgan fingerprint density at radius 2 is 1.84 bits per heavy atom. The van der Waals surface area contributed by atoms with Gasteiger partial charge < -0.3 is 19.7 Å². The maximum atomic E-state index is 13.1. The van der Waals surface area contributed by atoms with Gasteiger partial charge in [-0.3, -0.25) is 0 Å². The first-order valence-electron chi connectivity index (χ1n) is 8.17. The molecule has 25 heavy (non-hydrogen) atoms. The van der Waals surface area contributed by atoms with Crippen LogP contribution in [0.3, 0.4) is 0 Å². The van der Waals surface area contributed by atoms with Crippen molar-refractivity contribution in [3.8, 4) is 11.5 Å². The summed E-state index contributed by atoms with van der Waals surface area (Å²) in [6.07, 6.45) is 1.78. The van der Waals surface area contributed by atoms with E-state index in [0.29, 0.717) is 23.7 Å². The van der Waals surface area contributed by atoms with E-state index in [4.69, 9.17) is 9.47 Å². The first kappa shape index (κ1) is 17.1. The van der Waals surface area contributed by atoms with Crippen LogP contribution in [-0.2, 0) is 0 Å². The number of hydrogen-bond donors (Lipinski definition) is 1. The number of methoxy groups -OCH3 is 2. The average Bonchev–Trinajstić information content (AvgIpc) is 3.12. The SMILES string of the molecule is COc1ccc(NC(=O)N2CCC[C@@H]2c2ccc(F)cc2)cc1OC. The summed E-state index contributed by atoms with van der Waals surface area (Å²) in [6, 6.07) is 11.3. The van der Waals surface area contributed by atoms with Crippen LogP contribution in [0.5, 0.6) is 11.5 Å². The van der Waals surface area contributed by atoms with E-state index in [9.17, 15) is 9.18 Å². The standard InChI is InChI=1S/C19H21FN2O3/c1-24-17-10-9-15(12-18(17)25-2)21-19(23)22-11-3-4-16(22)13-5-7-14(20)8-6-13/h5-10,12,16H,3-4,11H2,1-2H3,(H,21,23)/t16-/m1/s1. The zero-order chi connectivity index (χ0) is 17.8. The lowest BCUT2D eigenvalue weighted by Gasteiger charge is -2.25. The molecule has 2 aromatic carbocycles. The number of carbonyl (C=O) groups excluding carboxylic acids is 1. The third-order valence-electron chi connectivity index (χ3n) is 4.40.